The number of hydrogen-bond acceptors (Lipinski definition) is 3. The first-order chi connectivity index (χ1) is 10.5. The Morgan fingerprint density at radius 1 is 1.14 bits per heavy atom. The fourth-order valence-electron chi connectivity index (χ4n) is 4.36. The van der Waals surface area contributed by atoms with Gasteiger partial charge in [0, 0.05) is 25.7 Å². The van der Waals surface area contributed by atoms with Gasteiger partial charge in [0.05, 0.1) is 5.54 Å². The van der Waals surface area contributed by atoms with Crippen molar-refractivity contribution in [3.05, 3.63) is 0 Å². The molecule has 3 atom stereocenters. The molecule has 1 aliphatic carbocycles. The van der Waals surface area contributed by atoms with Gasteiger partial charge >= 0.3 is 0 Å². The van der Waals surface area contributed by atoms with Gasteiger partial charge < -0.3 is 15.5 Å². The zero-order chi connectivity index (χ0) is 15.7. The molecule has 0 spiro atoms. The molecule has 22 heavy (non-hydrogen) atoms. The van der Waals surface area contributed by atoms with E-state index in [1.54, 1.807) is 0 Å². The van der Waals surface area contributed by atoms with Gasteiger partial charge in [0.1, 0.15) is 0 Å². The van der Waals surface area contributed by atoms with E-state index in [4.69, 9.17) is 5.73 Å². The number of nitrogens with two attached hydrogens (primary N) is 1. The van der Waals surface area contributed by atoms with Gasteiger partial charge in [-0.1, -0.05) is 6.42 Å². The van der Waals surface area contributed by atoms with Crippen LogP contribution in [0.15, 0.2) is 0 Å². The molecule has 4 heteroatoms. The van der Waals surface area contributed by atoms with Crippen LogP contribution in [0.4, 0.5) is 0 Å². The van der Waals surface area contributed by atoms with Crippen LogP contribution in [-0.2, 0) is 4.79 Å². The smallest absolute Gasteiger partial charge is 0.242 e. The predicted molar refractivity (Wildman–Crippen MR) is 89.5 cm³/mol. The van der Waals surface area contributed by atoms with Gasteiger partial charge in [-0.2, -0.15) is 0 Å². The first kappa shape index (κ1) is 16.3. The Hall–Kier alpha value is -0.610. The van der Waals surface area contributed by atoms with Gasteiger partial charge in [-0.05, 0) is 70.8 Å². The molecular formula is C18H33N3O. The second kappa shape index (κ2) is 6.48. The fourth-order valence-corrected chi connectivity index (χ4v) is 4.36. The van der Waals surface area contributed by atoms with Crippen LogP contribution in [0.1, 0.15) is 58.8 Å². The molecule has 1 saturated carbocycles. The summed E-state index contributed by atoms with van der Waals surface area (Å²) >= 11 is 0. The minimum Gasteiger partial charge on any atom is -0.341 e. The van der Waals surface area contributed by atoms with E-state index in [9.17, 15) is 4.79 Å². The third-order valence-electron chi connectivity index (χ3n) is 6.13. The van der Waals surface area contributed by atoms with Crippen molar-refractivity contribution in [1.82, 2.24) is 9.80 Å². The van der Waals surface area contributed by atoms with Gasteiger partial charge in [0.25, 0.3) is 0 Å². The average Bonchev–Trinajstić information content (AvgIpc) is 3.34. The normalized spacial score (nSPS) is 33.5. The molecule has 3 aliphatic rings. The molecule has 0 unspecified atom stereocenters. The molecule has 0 aromatic rings. The van der Waals surface area contributed by atoms with Gasteiger partial charge in [-0.3, -0.25) is 4.79 Å². The zero-order valence-corrected chi connectivity index (χ0v) is 14.4. The highest BCUT2D eigenvalue weighted by Crippen LogP contribution is 2.39. The second-order valence-corrected chi connectivity index (χ2v) is 8.16. The topological polar surface area (TPSA) is 49.6 Å². The molecule has 2 saturated heterocycles. The maximum atomic E-state index is 12.8. The van der Waals surface area contributed by atoms with Crippen molar-refractivity contribution in [3.63, 3.8) is 0 Å². The lowest BCUT2D eigenvalue weighted by Gasteiger charge is -2.41. The van der Waals surface area contributed by atoms with E-state index in [1.807, 2.05) is 6.92 Å². The molecule has 2 aliphatic heterocycles. The minimum atomic E-state index is -0.625. The summed E-state index contributed by atoms with van der Waals surface area (Å²) in [7, 11) is 0. The number of carbonyl (C=O) groups excluding carboxylic acids is 1. The standard InChI is InChI=1S/C18H33N3O/c1-14-6-3-4-10-20(14)12-15-7-5-11-21(13-15)17(22)18(2,19)16-8-9-16/h14-16H,3-13,19H2,1-2H3/t14-,15-,18+/m1/s1. The number of carbonyl (C=O) groups is 1. The molecule has 0 bridgehead atoms. The monoisotopic (exact) mass is 307 g/mol. The summed E-state index contributed by atoms with van der Waals surface area (Å²) in [6.45, 7) is 8.53. The number of nitrogens with zero attached hydrogens (tertiary/aromatic N) is 2. The van der Waals surface area contributed by atoms with Crippen molar-refractivity contribution in [2.45, 2.75) is 70.4 Å². The molecule has 2 N–H and O–H groups in total. The Balaban J connectivity index is 1.55. The molecule has 4 nitrogen and oxygen atoms in total. The van der Waals surface area contributed by atoms with Crippen LogP contribution in [0.25, 0.3) is 0 Å². The third kappa shape index (κ3) is 3.48. The minimum absolute atomic E-state index is 0.200. The Labute approximate surface area is 135 Å². The lowest BCUT2D eigenvalue weighted by Crippen LogP contribution is -2.57. The molecule has 3 fully saturated rings. The number of piperidine rings is 2. The van der Waals surface area contributed by atoms with Crippen molar-refractivity contribution in [2.75, 3.05) is 26.2 Å². The Kier molecular flexibility index (Phi) is 4.79. The molecule has 2 heterocycles. The Bertz CT molecular complexity index is 405. The molecule has 126 valence electrons. The van der Waals surface area contributed by atoms with Crippen molar-refractivity contribution in [1.29, 1.82) is 0 Å². The lowest BCUT2D eigenvalue weighted by molar-refractivity contribution is -0.139. The summed E-state index contributed by atoms with van der Waals surface area (Å²) < 4.78 is 0. The number of amides is 1. The van der Waals surface area contributed by atoms with E-state index in [2.05, 4.69) is 16.7 Å². The lowest BCUT2D eigenvalue weighted by atomic mass is 9.91. The van der Waals surface area contributed by atoms with Gasteiger partial charge in [0.15, 0.2) is 0 Å². The van der Waals surface area contributed by atoms with Crippen molar-refractivity contribution >= 4 is 5.91 Å². The highest BCUT2D eigenvalue weighted by molar-refractivity contribution is 5.86. The Morgan fingerprint density at radius 2 is 1.91 bits per heavy atom. The third-order valence-corrected chi connectivity index (χ3v) is 6.13. The number of likely N-dealkylation sites (tertiary alicyclic amines) is 2. The largest absolute Gasteiger partial charge is 0.341 e. The summed E-state index contributed by atoms with van der Waals surface area (Å²) in [6, 6.07) is 0.714. The highest BCUT2D eigenvalue weighted by atomic mass is 16.2. The summed E-state index contributed by atoms with van der Waals surface area (Å²) in [6.07, 6.45) is 8.69. The molecule has 0 aromatic carbocycles. The predicted octanol–water partition coefficient (Wildman–Crippen LogP) is 2.23. The fraction of sp³-hybridized carbons (Fsp3) is 0.944. The van der Waals surface area contributed by atoms with Crippen LogP contribution < -0.4 is 5.73 Å². The van der Waals surface area contributed by atoms with Crippen LogP contribution in [0, 0.1) is 11.8 Å². The van der Waals surface area contributed by atoms with E-state index in [0.717, 1.165) is 38.9 Å². The van der Waals surface area contributed by atoms with Gasteiger partial charge in [-0.25, -0.2) is 0 Å². The van der Waals surface area contributed by atoms with Gasteiger partial charge in [-0.15, -0.1) is 0 Å². The van der Waals surface area contributed by atoms with Crippen LogP contribution in [0.5, 0.6) is 0 Å². The van der Waals surface area contributed by atoms with Crippen LogP contribution in [0.3, 0.4) is 0 Å². The van der Waals surface area contributed by atoms with E-state index in [1.165, 1.54) is 32.2 Å². The van der Waals surface area contributed by atoms with E-state index >= 15 is 0 Å². The van der Waals surface area contributed by atoms with E-state index in [0.29, 0.717) is 17.9 Å². The molecule has 0 radical (unpaired) electrons. The summed E-state index contributed by atoms with van der Waals surface area (Å²) in [5.41, 5.74) is 5.72. The van der Waals surface area contributed by atoms with E-state index in [-0.39, 0.29) is 5.91 Å². The average molecular weight is 307 g/mol. The Morgan fingerprint density at radius 3 is 2.59 bits per heavy atom. The van der Waals surface area contributed by atoms with Crippen molar-refractivity contribution < 1.29 is 4.79 Å². The molecule has 1 amide bonds. The second-order valence-electron chi connectivity index (χ2n) is 8.16. The van der Waals surface area contributed by atoms with Crippen LogP contribution in [-0.4, -0.2) is 53.5 Å². The zero-order valence-electron chi connectivity index (χ0n) is 14.4. The maximum absolute atomic E-state index is 12.8. The van der Waals surface area contributed by atoms with Crippen molar-refractivity contribution in [3.8, 4) is 0 Å². The summed E-state index contributed by atoms with van der Waals surface area (Å²) in [4.78, 5) is 17.5. The maximum Gasteiger partial charge on any atom is 0.242 e. The summed E-state index contributed by atoms with van der Waals surface area (Å²) in [5, 5.41) is 0. The SMILES string of the molecule is C[C@@H]1CCCCN1C[C@H]1CCCN(C(=O)[C@@](C)(N)C2CC2)C1. The van der Waals surface area contributed by atoms with Crippen molar-refractivity contribution in [2.24, 2.45) is 17.6 Å². The summed E-state index contributed by atoms with van der Waals surface area (Å²) in [5.74, 6) is 1.25. The number of hydrogen-bond donors (Lipinski definition) is 1. The van der Waals surface area contributed by atoms with Gasteiger partial charge in [0.2, 0.25) is 5.91 Å². The quantitative estimate of drug-likeness (QED) is 0.866. The van der Waals surface area contributed by atoms with Crippen LogP contribution >= 0.6 is 0 Å². The highest BCUT2D eigenvalue weighted by Gasteiger charge is 2.46. The number of rotatable bonds is 4. The van der Waals surface area contributed by atoms with E-state index < -0.39 is 5.54 Å². The molecule has 3 rings (SSSR count). The molecule has 0 aromatic heterocycles. The van der Waals surface area contributed by atoms with Crippen LogP contribution in [0.2, 0.25) is 0 Å². The first-order valence-corrected chi connectivity index (χ1v) is 9.31. The molecular weight excluding hydrogens is 274 g/mol. The first-order valence-electron chi connectivity index (χ1n) is 9.31.